The van der Waals surface area contributed by atoms with Crippen LogP contribution in [0.4, 0.5) is 5.88 Å². The Kier molecular flexibility index (Phi) is 5.71. The number of oxazole rings is 1. The second-order valence-corrected chi connectivity index (χ2v) is 9.79. The first-order chi connectivity index (χ1) is 15.5. The average Bonchev–Trinajstić information content (AvgIpc) is 3.48. The Hall–Kier alpha value is -2.75. The van der Waals surface area contributed by atoms with Crippen LogP contribution in [-0.4, -0.2) is 45.9 Å². The van der Waals surface area contributed by atoms with Crippen molar-refractivity contribution in [2.75, 3.05) is 31.7 Å². The zero-order chi connectivity index (χ0) is 22.1. The molecule has 3 heterocycles. The van der Waals surface area contributed by atoms with Gasteiger partial charge in [0.05, 0.1) is 11.0 Å². The van der Waals surface area contributed by atoms with Gasteiger partial charge in [0.2, 0.25) is 26.6 Å². The maximum Gasteiger partial charge on any atom is 0.233 e. The van der Waals surface area contributed by atoms with Crippen LogP contribution in [0.3, 0.4) is 0 Å². The summed E-state index contributed by atoms with van der Waals surface area (Å²) >= 11 is 5.97. The molecule has 0 saturated carbocycles. The molecule has 0 bridgehead atoms. The van der Waals surface area contributed by atoms with Crippen molar-refractivity contribution in [3.63, 3.8) is 0 Å². The molecule has 0 radical (unpaired) electrons. The quantitative estimate of drug-likeness (QED) is 0.565. The highest BCUT2D eigenvalue weighted by molar-refractivity contribution is 7.91. The van der Waals surface area contributed by atoms with E-state index in [1.54, 1.807) is 30.3 Å². The van der Waals surface area contributed by atoms with E-state index in [1.807, 2.05) is 0 Å². The van der Waals surface area contributed by atoms with Gasteiger partial charge >= 0.3 is 0 Å². The molecule has 8 nitrogen and oxygen atoms in total. The number of rotatable bonds is 6. The smallest absolute Gasteiger partial charge is 0.233 e. The predicted molar refractivity (Wildman–Crippen MR) is 117 cm³/mol. The lowest BCUT2D eigenvalue weighted by Crippen LogP contribution is -2.19. The van der Waals surface area contributed by atoms with E-state index in [4.69, 9.17) is 30.2 Å². The van der Waals surface area contributed by atoms with Gasteiger partial charge in [-0.25, -0.2) is 8.42 Å². The second kappa shape index (κ2) is 8.65. The molecule has 2 aliphatic rings. The lowest BCUT2D eigenvalue weighted by atomic mass is 10.2. The first kappa shape index (κ1) is 21.1. The van der Waals surface area contributed by atoms with Crippen molar-refractivity contribution < 1.29 is 27.0 Å². The zero-order valence-electron chi connectivity index (χ0n) is 17.0. The van der Waals surface area contributed by atoms with Gasteiger partial charge in [0, 0.05) is 29.8 Å². The van der Waals surface area contributed by atoms with Gasteiger partial charge < -0.3 is 23.9 Å². The largest absolute Gasteiger partial charge is 0.486 e. The Labute approximate surface area is 190 Å². The molecule has 2 aliphatic heterocycles. The van der Waals surface area contributed by atoms with Gasteiger partial charge in [-0.2, -0.15) is 4.98 Å². The van der Waals surface area contributed by atoms with Crippen LogP contribution < -0.4 is 14.8 Å². The molecule has 0 amide bonds. The fraction of sp³-hybridized carbons (Fsp3) is 0.318. The number of hydrogen-bond donors (Lipinski definition) is 1. The first-order valence-electron chi connectivity index (χ1n) is 10.3. The highest BCUT2D eigenvalue weighted by Crippen LogP contribution is 2.37. The Morgan fingerprint density at radius 3 is 2.56 bits per heavy atom. The SMILES string of the molecule is O=S(=O)(c1ccc2c(c1)OCCO2)c1nc(-c2ccc(Cl)cc2)oc1NCC1CCCO1. The molecule has 3 aromatic rings. The third kappa shape index (κ3) is 4.15. The Bertz CT molecular complexity index is 1220. The van der Waals surface area contributed by atoms with Crippen LogP contribution in [0.2, 0.25) is 5.02 Å². The lowest BCUT2D eigenvalue weighted by molar-refractivity contribution is 0.120. The van der Waals surface area contributed by atoms with Gasteiger partial charge in [-0.15, -0.1) is 0 Å². The summed E-state index contributed by atoms with van der Waals surface area (Å²) in [6.45, 7) is 1.89. The third-order valence-electron chi connectivity index (χ3n) is 5.28. The fourth-order valence-corrected chi connectivity index (χ4v) is 5.05. The molecule has 1 N–H and O–H groups in total. The number of benzene rings is 2. The standard InChI is InChI=1S/C22H21ClN2O6S/c23-15-5-3-14(4-6-15)20-25-22(21(31-20)24-13-16-2-1-9-28-16)32(26,27)17-7-8-18-19(12-17)30-11-10-29-18/h3-8,12,16,24H,1-2,9-11,13H2. The van der Waals surface area contributed by atoms with E-state index in [-0.39, 0.29) is 27.8 Å². The molecule has 0 spiro atoms. The number of hydrogen-bond acceptors (Lipinski definition) is 8. The van der Waals surface area contributed by atoms with E-state index in [0.29, 0.717) is 48.5 Å². The summed E-state index contributed by atoms with van der Waals surface area (Å²) in [4.78, 5) is 4.38. The van der Waals surface area contributed by atoms with Gasteiger partial charge in [0.25, 0.3) is 0 Å². The number of fused-ring (bicyclic) bond motifs is 1. The van der Waals surface area contributed by atoms with E-state index in [0.717, 1.165) is 12.8 Å². The minimum atomic E-state index is -4.01. The van der Waals surface area contributed by atoms with Gasteiger partial charge in [-0.05, 0) is 49.2 Å². The summed E-state index contributed by atoms with van der Waals surface area (Å²) in [5.41, 5.74) is 0.609. The fourth-order valence-electron chi connectivity index (χ4n) is 3.63. The molecular weight excluding hydrogens is 456 g/mol. The number of nitrogens with zero attached hydrogens (tertiary/aromatic N) is 1. The van der Waals surface area contributed by atoms with Crippen molar-refractivity contribution >= 4 is 27.3 Å². The highest BCUT2D eigenvalue weighted by Gasteiger charge is 2.30. The van der Waals surface area contributed by atoms with Crippen molar-refractivity contribution in [1.29, 1.82) is 0 Å². The molecule has 32 heavy (non-hydrogen) atoms. The summed E-state index contributed by atoms with van der Waals surface area (Å²) in [5, 5.41) is 3.44. The van der Waals surface area contributed by atoms with Crippen molar-refractivity contribution in [1.82, 2.24) is 4.98 Å². The molecule has 1 fully saturated rings. The Morgan fingerprint density at radius 1 is 1.03 bits per heavy atom. The molecule has 1 aromatic heterocycles. The zero-order valence-corrected chi connectivity index (χ0v) is 18.6. The molecule has 1 unspecified atom stereocenters. The highest BCUT2D eigenvalue weighted by atomic mass is 35.5. The van der Waals surface area contributed by atoms with E-state index >= 15 is 0 Å². The monoisotopic (exact) mass is 476 g/mol. The third-order valence-corrected chi connectivity index (χ3v) is 7.19. The predicted octanol–water partition coefficient (Wildman–Crippen LogP) is 4.19. The Balaban J connectivity index is 1.53. The number of ether oxygens (including phenoxy) is 3. The van der Waals surface area contributed by atoms with Crippen LogP contribution in [0.5, 0.6) is 11.5 Å². The number of anilines is 1. The number of sulfone groups is 1. The van der Waals surface area contributed by atoms with Crippen LogP contribution >= 0.6 is 11.6 Å². The maximum absolute atomic E-state index is 13.5. The van der Waals surface area contributed by atoms with Crippen molar-refractivity contribution in [3.8, 4) is 23.0 Å². The Morgan fingerprint density at radius 2 is 1.81 bits per heavy atom. The van der Waals surface area contributed by atoms with Crippen molar-refractivity contribution in [2.24, 2.45) is 0 Å². The molecule has 5 rings (SSSR count). The molecule has 1 saturated heterocycles. The maximum atomic E-state index is 13.5. The molecule has 2 aromatic carbocycles. The summed E-state index contributed by atoms with van der Waals surface area (Å²) < 4.78 is 49.6. The molecular formula is C22H21ClN2O6S. The van der Waals surface area contributed by atoms with E-state index in [2.05, 4.69) is 10.3 Å². The molecule has 10 heteroatoms. The lowest BCUT2D eigenvalue weighted by Gasteiger charge is -2.18. The number of nitrogens with one attached hydrogen (secondary N) is 1. The molecule has 0 aliphatic carbocycles. The normalized spacial score (nSPS) is 18.0. The van der Waals surface area contributed by atoms with Gasteiger partial charge in [-0.1, -0.05) is 11.6 Å². The van der Waals surface area contributed by atoms with Crippen LogP contribution in [0.25, 0.3) is 11.5 Å². The second-order valence-electron chi connectivity index (χ2n) is 7.49. The first-order valence-corrected chi connectivity index (χ1v) is 12.1. The van der Waals surface area contributed by atoms with Crippen LogP contribution in [0.1, 0.15) is 12.8 Å². The number of aromatic nitrogens is 1. The minimum Gasteiger partial charge on any atom is -0.486 e. The number of halogens is 1. The van der Waals surface area contributed by atoms with Crippen molar-refractivity contribution in [2.45, 2.75) is 28.9 Å². The van der Waals surface area contributed by atoms with E-state index in [9.17, 15) is 8.42 Å². The van der Waals surface area contributed by atoms with E-state index in [1.165, 1.54) is 12.1 Å². The summed E-state index contributed by atoms with van der Waals surface area (Å²) in [6.07, 6.45) is 1.86. The van der Waals surface area contributed by atoms with Crippen LogP contribution in [0.15, 0.2) is 56.8 Å². The van der Waals surface area contributed by atoms with E-state index < -0.39 is 9.84 Å². The average molecular weight is 477 g/mol. The summed E-state index contributed by atoms with van der Waals surface area (Å²) in [6, 6.07) is 11.3. The molecule has 168 valence electrons. The molecule has 1 atom stereocenters. The summed E-state index contributed by atoms with van der Waals surface area (Å²) in [5.74, 6) is 1.13. The minimum absolute atomic E-state index is 0.0103. The van der Waals surface area contributed by atoms with Gasteiger partial charge in [0.1, 0.15) is 13.2 Å². The van der Waals surface area contributed by atoms with Crippen LogP contribution in [-0.2, 0) is 14.6 Å². The topological polar surface area (TPSA) is 99.9 Å². The van der Waals surface area contributed by atoms with Gasteiger partial charge in [0.15, 0.2) is 11.5 Å². The van der Waals surface area contributed by atoms with Gasteiger partial charge in [-0.3, -0.25) is 0 Å². The summed E-state index contributed by atoms with van der Waals surface area (Å²) in [7, 11) is -4.01. The van der Waals surface area contributed by atoms with Crippen molar-refractivity contribution in [3.05, 3.63) is 47.5 Å². The van der Waals surface area contributed by atoms with Crippen LogP contribution in [0, 0.1) is 0 Å².